The SMILES string of the molecule is Cc1cc(Oc2nnnn2C)c(C2CC2)cc1F. The third-order valence-corrected chi connectivity index (χ3v) is 3.09. The van der Waals surface area contributed by atoms with E-state index in [4.69, 9.17) is 4.74 Å². The van der Waals surface area contributed by atoms with Crippen molar-refractivity contribution >= 4 is 0 Å². The quantitative estimate of drug-likeness (QED) is 0.836. The summed E-state index contributed by atoms with van der Waals surface area (Å²) in [6.45, 7) is 1.72. The monoisotopic (exact) mass is 248 g/mol. The second kappa shape index (κ2) is 4.04. The van der Waals surface area contributed by atoms with Gasteiger partial charge in [0.2, 0.25) is 0 Å². The molecule has 0 radical (unpaired) electrons. The van der Waals surface area contributed by atoms with Crippen LogP contribution in [0.4, 0.5) is 4.39 Å². The van der Waals surface area contributed by atoms with E-state index in [1.807, 2.05) is 0 Å². The van der Waals surface area contributed by atoms with Crippen molar-refractivity contribution in [2.45, 2.75) is 25.7 Å². The van der Waals surface area contributed by atoms with Crippen LogP contribution in [0.25, 0.3) is 0 Å². The number of tetrazole rings is 1. The summed E-state index contributed by atoms with van der Waals surface area (Å²) in [6, 6.07) is 3.58. The average Bonchev–Trinajstić information content (AvgIpc) is 3.09. The highest BCUT2D eigenvalue weighted by Gasteiger charge is 2.28. The predicted molar refractivity (Wildman–Crippen MR) is 62.0 cm³/mol. The fourth-order valence-corrected chi connectivity index (χ4v) is 1.88. The molecule has 6 heteroatoms. The summed E-state index contributed by atoms with van der Waals surface area (Å²) in [6.07, 6.45) is 2.16. The van der Waals surface area contributed by atoms with Crippen LogP contribution < -0.4 is 4.74 Å². The molecule has 0 aliphatic heterocycles. The first-order valence-corrected chi connectivity index (χ1v) is 5.85. The predicted octanol–water partition coefficient (Wildman–Crippen LogP) is 2.33. The lowest BCUT2D eigenvalue weighted by Crippen LogP contribution is -1.99. The van der Waals surface area contributed by atoms with Gasteiger partial charge in [-0.2, -0.15) is 4.68 Å². The molecule has 3 rings (SSSR count). The Morgan fingerprint density at radius 1 is 1.39 bits per heavy atom. The van der Waals surface area contributed by atoms with E-state index < -0.39 is 0 Å². The fraction of sp³-hybridized carbons (Fsp3) is 0.417. The van der Waals surface area contributed by atoms with Gasteiger partial charge in [0.15, 0.2) is 0 Å². The minimum absolute atomic E-state index is 0.194. The molecule has 0 spiro atoms. The Hall–Kier alpha value is -1.98. The van der Waals surface area contributed by atoms with Crippen LogP contribution >= 0.6 is 0 Å². The van der Waals surface area contributed by atoms with E-state index in [1.54, 1.807) is 26.1 Å². The number of ether oxygens (including phenoxy) is 1. The third-order valence-electron chi connectivity index (χ3n) is 3.09. The number of hydrogen-bond donors (Lipinski definition) is 0. The van der Waals surface area contributed by atoms with Crippen molar-refractivity contribution in [3.05, 3.63) is 29.1 Å². The lowest BCUT2D eigenvalue weighted by atomic mass is 10.1. The van der Waals surface area contributed by atoms with E-state index in [2.05, 4.69) is 15.5 Å². The molecule has 94 valence electrons. The van der Waals surface area contributed by atoms with Crippen LogP contribution in [-0.4, -0.2) is 20.2 Å². The normalized spacial score (nSPS) is 14.8. The Bertz CT molecular complexity index is 592. The maximum absolute atomic E-state index is 13.6. The average molecular weight is 248 g/mol. The lowest BCUT2D eigenvalue weighted by Gasteiger charge is -2.10. The number of rotatable bonds is 3. The number of benzene rings is 1. The van der Waals surface area contributed by atoms with Gasteiger partial charge in [-0.1, -0.05) is 5.10 Å². The van der Waals surface area contributed by atoms with Crippen LogP contribution in [0.15, 0.2) is 12.1 Å². The van der Waals surface area contributed by atoms with Crippen molar-refractivity contribution < 1.29 is 9.13 Å². The smallest absolute Gasteiger partial charge is 0.340 e. The van der Waals surface area contributed by atoms with Crippen molar-refractivity contribution in [1.82, 2.24) is 20.2 Å². The molecule has 1 saturated carbocycles. The van der Waals surface area contributed by atoms with E-state index in [1.165, 1.54) is 4.68 Å². The Labute approximate surface area is 104 Å². The van der Waals surface area contributed by atoms with E-state index >= 15 is 0 Å². The second-order valence-corrected chi connectivity index (χ2v) is 4.60. The van der Waals surface area contributed by atoms with Gasteiger partial charge in [-0.25, -0.2) is 4.39 Å². The van der Waals surface area contributed by atoms with Crippen molar-refractivity contribution in [3.63, 3.8) is 0 Å². The summed E-state index contributed by atoms with van der Waals surface area (Å²) in [5, 5.41) is 11.0. The second-order valence-electron chi connectivity index (χ2n) is 4.60. The van der Waals surface area contributed by atoms with Gasteiger partial charge in [-0.15, -0.1) is 0 Å². The Morgan fingerprint density at radius 3 is 2.78 bits per heavy atom. The zero-order valence-electron chi connectivity index (χ0n) is 10.2. The standard InChI is InChI=1S/C12H13FN4O/c1-7-5-11(18-12-14-15-16-17(12)2)9(6-10(7)13)8-3-4-8/h5-6,8H,3-4H2,1-2H3. The largest absolute Gasteiger partial charge is 0.423 e. The summed E-state index contributed by atoms with van der Waals surface area (Å²) < 4.78 is 20.7. The van der Waals surface area contributed by atoms with E-state index in [9.17, 15) is 4.39 Å². The summed E-state index contributed by atoms with van der Waals surface area (Å²) in [5.74, 6) is 0.853. The van der Waals surface area contributed by atoms with Crippen LogP contribution in [0, 0.1) is 12.7 Å². The summed E-state index contributed by atoms with van der Waals surface area (Å²) in [4.78, 5) is 0. The van der Waals surface area contributed by atoms with Gasteiger partial charge in [0.05, 0.1) is 0 Å². The van der Waals surface area contributed by atoms with Crippen molar-refractivity contribution in [2.75, 3.05) is 0 Å². The minimum atomic E-state index is -0.194. The molecule has 1 aliphatic carbocycles. The van der Waals surface area contributed by atoms with Crippen LogP contribution in [0.5, 0.6) is 11.8 Å². The molecule has 0 N–H and O–H groups in total. The molecule has 0 unspecified atom stereocenters. The molecular weight excluding hydrogens is 235 g/mol. The number of halogens is 1. The third kappa shape index (κ3) is 1.94. The summed E-state index contributed by atoms with van der Waals surface area (Å²) in [5.41, 5.74) is 1.46. The minimum Gasteiger partial charge on any atom is -0.423 e. The molecule has 1 aliphatic rings. The van der Waals surface area contributed by atoms with Gasteiger partial charge < -0.3 is 4.74 Å². The van der Waals surface area contributed by atoms with Crippen molar-refractivity contribution in [2.24, 2.45) is 7.05 Å². The first kappa shape index (κ1) is 11.1. The maximum Gasteiger partial charge on any atom is 0.340 e. The van der Waals surface area contributed by atoms with Gasteiger partial charge >= 0.3 is 6.01 Å². The first-order valence-electron chi connectivity index (χ1n) is 5.85. The highest BCUT2D eigenvalue weighted by molar-refractivity contribution is 5.43. The molecule has 18 heavy (non-hydrogen) atoms. The highest BCUT2D eigenvalue weighted by Crippen LogP contribution is 2.45. The molecule has 0 amide bonds. The molecule has 0 saturated heterocycles. The van der Waals surface area contributed by atoms with Gasteiger partial charge in [0.1, 0.15) is 11.6 Å². The van der Waals surface area contributed by atoms with Crippen molar-refractivity contribution in [1.29, 1.82) is 0 Å². The van der Waals surface area contributed by atoms with Gasteiger partial charge in [-0.05, 0) is 53.8 Å². The molecular formula is C12H13FN4O. The van der Waals surface area contributed by atoms with Gasteiger partial charge in [-0.3, -0.25) is 0 Å². The molecule has 1 heterocycles. The van der Waals surface area contributed by atoms with E-state index in [0.717, 1.165) is 18.4 Å². The van der Waals surface area contributed by atoms with Crippen molar-refractivity contribution in [3.8, 4) is 11.8 Å². The molecule has 1 fully saturated rings. The molecule has 1 aromatic carbocycles. The lowest BCUT2D eigenvalue weighted by molar-refractivity contribution is 0.409. The Balaban J connectivity index is 2.00. The molecule has 2 aromatic rings. The van der Waals surface area contributed by atoms with Gasteiger partial charge in [0.25, 0.3) is 0 Å². The van der Waals surface area contributed by atoms with Crippen LogP contribution in [0.2, 0.25) is 0 Å². The van der Waals surface area contributed by atoms with Crippen LogP contribution in [0.1, 0.15) is 29.9 Å². The number of hydrogen-bond acceptors (Lipinski definition) is 4. The number of nitrogens with zero attached hydrogens (tertiary/aromatic N) is 4. The molecule has 0 bridgehead atoms. The fourth-order valence-electron chi connectivity index (χ4n) is 1.88. The van der Waals surface area contributed by atoms with Gasteiger partial charge in [0, 0.05) is 12.6 Å². The first-order chi connectivity index (χ1) is 8.65. The highest BCUT2D eigenvalue weighted by atomic mass is 19.1. The molecule has 1 aromatic heterocycles. The molecule has 5 nitrogen and oxygen atoms in total. The number of aromatic nitrogens is 4. The van der Waals surface area contributed by atoms with E-state index in [0.29, 0.717) is 23.2 Å². The van der Waals surface area contributed by atoms with E-state index in [-0.39, 0.29) is 5.82 Å². The zero-order valence-corrected chi connectivity index (χ0v) is 10.2. The van der Waals surface area contributed by atoms with Crippen LogP contribution in [0.3, 0.4) is 0 Å². The Morgan fingerprint density at radius 2 is 2.17 bits per heavy atom. The number of aryl methyl sites for hydroxylation is 2. The maximum atomic E-state index is 13.6. The summed E-state index contributed by atoms with van der Waals surface area (Å²) >= 11 is 0. The zero-order chi connectivity index (χ0) is 12.7. The molecule has 0 atom stereocenters. The van der Waals surface area contributed by atoms with Crippen LogP contribution in [-0.2, 0) is 7.05 Å². The Kier molecular flexibility index (Phi) is 2.50. The summed E-state index contributed by atoms with van der Waals surface area (Å²) in [7, 11) is 1.70. The topological polar surface area (TPSA) is 52.8 Å².